The van der Waals surface area contributed by atoms with Crippen LogP contribution in [0.3, 0.4) is 0 Å². The van der Waals surface area contributed by atoms with E-state index in [1.54, 1.807) is 0 Å². The van der Waals surface area contributed by atoms with Crippen LogP contribution < -0.4 is 11.1 Å². The molecule has 0 unspecified atom stereocenters. The summed E-state index contributed by atoms with van der Waals surface area (Å²) in [5.41, 5.74) is 5.19. The van der Waals surface area contributed by atoms with Crippen molar-refractivity contribution in [3.8, 4) is 0 Å². The van der Waals surface area contributed by atoms with E-state index >= 15 is 0 Å². The normalized spacial score (nSPS) is 12.1. The average molecular weight is 202 g/mol. The molecule has 82 valence electrons. The zero-order chi connectivity index (χ0) is 11.0. The van der Waals surface area contributed by atoms with Gasteiger partial charge < -0.3 is 16.2 Å². The Labute approximate surface area is 83.7 Å². The van der Waals surface area contributed by atoms with Gasteiger partial charge in [-0.3, -0.25) is 9.59 Å². The van der Waals surface area contributed by atoms with E-state index in [0.29, 0.717) is 6.54 Å². The summed E-state index contributed by atoms with van der Waals surface area (Å²) in [5.74, 6) is -1.44. The minimum Gasteiger partial charge on any atom is -0.480 e. The van der Waals surface area contributed by atoms with Crippen LogP contribution in [0.25, 0.3) is 0 Å². The van der Waals surface area contributed by atoms with E-state index in [1.807, 2.05) is 0 Å². The summed E-state index contributed by atoms with van der Waals surface area (Å²) in [6.07, 6.45) is 2.92. The van der Waals surface area contributed by atoms with Gasteiger partial charge in [0.1, 0.15) is 6.04 Å². The van der Waals surface area contributed by atoms with Gasteiger partial charge in [-0.25, -0.2) is 0 Å². The number of hydrogen-bond acceptors (Lipinski definition) is 3. The van der Waals surface area contributed by atoms with E-state index < -0.39 is 12.0 Å². The summed E-state index contributed by atoms with van der Waals surface area (Å²) in [6.45, 7) is 2.67. The second kappa shape index (κ2) is 7.32. The Bertz CT molecular complexity index is 194. The van der Waals surface area contributed by atoms with Crippen LogP contribution in [-0.4, -0.2) is 29.6 Å². The molecule has 0 rings (SSSR count). The number of hydrogen-bond donors (Lipinski definition) is 3. The second-order valence-corrected chi connectivity index (χ2v) is 3.21. The molecule has 4 N–H and O–H groups in total. The number of nitrogens with one attached hydrogen (secondary N) is 1. The van der Waals surface area contributed by atoms with E-state index in [-0.39, 0.29) is 12.3 Å². The Kier molecular flexibility index (Phi) is 6.74. The number of unbranched alkanes of at least 4 members (excludes halogenated alkanes) is 2. The summed E-state index contributed by atoms with van der Waals surface area (Å²) in [5, 5.41) is 11.1. The molecule has 5 heteroatoms. The Morgan fingerprint density at radius 2 is 2.07 bits per heavy atom. The quantitative estimate of drug-likeness (QED) is 0.510. The zero-order valence-corrected chi connectivity index (χ0v) is 8.45. The fraction of sp³-hybridized carbons (Fsp3) is 0.778. The zero-order valence-electron chi connectivity index (χ0n) is 8.45. The van der Waals surface area contributed by atoms with E-state index in [1.165, 1.54) is 0 Å². The molecule has 0 spiro atoms. The molecule has 0 saturated heterocycles. The van der Waals surface area contributed by atoms with E-state index in [0.717, 1.165) is 19.3 Å². The van der Waals surface area contributed by atoms with Crippen molar-refractivity contribution in [3.05, 3.63) is 0 Å². The van der Waals surface area contributed by atoms with E-state index in [2.05, 4.69) is 12.2 Å². The summed E-state index contributed by atoms with van der Waals surface area (Å²) in [7, 11) is 0. The van der Waals surface area contributed by atoms with Crippen LogP contribution >= 0.6 is 0 Å². The van der Waals surface area contributed by atoms with Crippen LogP contribution in [0.4, 0.5) is 0 Å². The van der Waals surface area contributed by atoms with Crippen molar-refractivity contribution < 1.29 is 14.7 Å². The molecule has 0 heterocycles. The lowest BCUT2D eigenvalue weighted by Gasteiger charge is -2.07. The molecule has 1 atom stereocenters. The van der Waals surface area contributed by atoms with Gasteiger partial charge in [-0.1, -0.05) is 19.8 Å². The van der Waals surface area contributed by atoms with Gasteiger partial charge in [0.05, 0.1) is 6.42 Å². The largest absolute Gasteiger partial charge is 0.480 e. The minimum absolute atomic E-state index is 0.151. The van der Waals surface area contributed by atoms with Crippen LogP contribution in [0.1, 0.15) is 32.6 Å². The number of carboxylic acid groups (broad SMARTS) is 1. The third-order valence-corrected chi connectivity index (χ3v) is 1.83. The van der Waals surface area contributed by atoms with Crippen LogP contribution in [-0.2, 0) is 9.59 Å². The maximum Gasteiger partial charge on any atom is 0.321 e. The molecule has 0 aromatic rings. The van der Waals surface area contributed by atoms with Crippen molar-refractivity contribution in [2.24, 2.45) is 5.73 Å². The number of carbonyl (C=O) groups excluding carboxylic acids is 1. The molecule has 0 aliphatic rings. The van der Waals surface area contributed by atoms with Gasteiger partial charge in [-0.05, 0) is 6.42 Å². The molecule has 0 aromatic carbocycles. The standard InChI is InChI=1S/C9H18N2O3/c1-2-3-4-5-11-8(12)6-7(10)9(13)14/h7H,2-6,10H2,1H3,(H,11,12)(H,13,14)/t7-/m0/s1. The van der Waals surface area contributed by atoms with Gasteiger partial charge in [0.25, 0.3) is 0 Å². The summed E-state index contributed by atoms with van der Waals surface area (Å²) in [4.78, 5) is 21.4. The maximum atomic E-state index is 11.1. The molecule has 14 heavy (non-hydrogen) atoms. The smallest absolute Gasteiger partial charge is 0.321 e. The molecule has 0 aliphatic heterocycles. The monoisotopic (exact) mass is 202 g/mol. The number of carboxylic acids is 1. The predicted octanol–water partition coefficient (Wildman–Crippen LogP) is 0.0948. The summed E-state index contributed by atoms with van der Waals surface area (Å²) >= 11 is 0. The fourth-order valence-electron chi connectivity index (χ4n) is 0.962. The van der Waals surface area contributed by atoms with Crippen molar-refractivity contribution >= 4 is 11.9 Å². The van der Waals surface area contributed by atoms with Crippen LogP contribution in [0.2, 0.25) is 0 Å². The molecule has 0 aromatic heterocycles. The first-order valence-electron chi connectivity index (χ1n) is 4.83. The Morgan fingerprint density at radius 3 is 2.57 bits per heavy atom. The highest BCUT2D eigenvalue weighted by atomic mass is 16.4. The Morgan fingerprint density at radius 1 is 1.43 bits per heavy atom. The van der Waals surface area contributed by atoms with Gasteiger partial charge >= 0.3 is 5.97 Å². The van der Waals surface area contributed by atoms with E-state index in [4.69, 9.17) is 10.8 Å². The maximum absolute atomic E-state index is 11.1. The number of rotatable bonds is 7. The van der Waals surface area contributed by atoms with Crippen LogP contribution in [0.15, 0.2) is 0 Å². The van der Waals surface area contributed by atoms with Gasteiger partial charge in [-0.15, -0.1) is 0 Å². The fourth-order valence-corrected chi connectivity index (χ4v) is 0.962. The lowest BCUT2D eigenvalue weighted by Crippen LogP contribution is -2.37. The molecular weight excluding hydrogens is 184 g/mol. The van der Waals surface area contributed by atoms with Gasteiger partial charge in [0, 0.05) is 6.54 Å². The number of carbonyl (C=O) groups is 2. The summed E-state index contributed by atoms with van der Waals surface area (Å²) in [6, 6.07) is -1.10. The first kappa shape index (κ1) is 12.9. The topological polar surface area (TPSA) is 92.4 Å². The number of aliphatic carboxylic acids is 1. The molecule has 1 amide bonds. The first-order valence-corrected chi connectivity index (χ1v) is 4.83. The second-order valence-electron chi connectivity index (χ2n) is 3.21. The highest BCUT2D eigenvalue weighted by Gasteiger charge is 2.15. The Hall–Kier alpha value is -1.10. The van der Waals surface area contributed by atoms with Crippen LogP contribution in [0.5, 0.6) is 0 Å². The Balaban J connectivity index is 3.50. The first-order chi connectivity index (χ1) is 6.57. The molecule has 0 saturated carbocycles. The number of nitrogens with two attached hydrogens (primary N) is 1. The molecule has 0 radical (unpaired) electrons. The molecule has 0 bridgehead atoms. The van der Waals surface area contributed by atoms with Gasteiger partial charge in [-0.2, -0.15) is 0 Å². The van der Waals surface area contributed by atoms with Crippen molar-refractivity contribution in [2.75, 3.05) is 6.54 Å². The van der Waals surface area contributed by atoms with Crippen molar-refractivity contribution in [1.29, 1.82) is 0 Å². The molecule has 0 aliphatic carbocycles. The van der Waals surface area contributed by atoms with Crippen molar-refractivity contribution in [3.63, 3.8) is 0 Å². The molecular formula is C9H18N2O3. The molecule has 5 nitrogen and oxygen atoms in total. The minimum atomic E-state index is -1.14. The van der Waals surface area contributed by atoms with Crippen molar-refractivity contribution in [2.45, 2.75) is 38.6 Å². The average Bonchev–Trinajstić information content (AvgIpc) is 2.12. The lowest BCUT2D eigenvalue weighted by molar-refractivity contribution is -0.140. The molecule has 0 fully saturated rings. The van der Waals surface area contributed by atoms with Gasteiger partial charge in [0.15, 0.2) is 0 Å². The SMILES string of the molecule is CCCCCNC(=O)C[C@H](N)C(=O)O. The van der Waals surface area contributed by atoms with Crippen molar-refractivity contribution in [1.82, 2.24) is 5.32 Å². The lowest BCUT2D eigenvalue weighted by atomic mass is 10.2. The third-order valence-electron chi connectivity index (χ3n) is 1.83. The van der Waals surface area contributed by atoms with E-state index in [9.17, 15) is 9.59 Å². The summed E-state index contributed by atoms with van der Waals surface area (Å²) < 4.78 is 0. The predicted molar refractivity (Wildman–Crippen MR) is 52.8 cm³/mol. The van der Waals surface area contributed by atoms with Gasteiger partial charge in [0.2, 0.25) is 5.91 Å². The third kappa shape index (κ3) is 6.42. The van der Waals surface area contributed by atoms with Crippen LogP contribution in [0, 0.1) is 0 Å². The highest BCUT2D eigenvalue weighted by Crippen LogP contribution is 1.92. The highest BCUT2D eigenvalue weighted by molar-refractivity contribution is 5.84. The number of amides is 1.